The van der Waals surface area contributed by atoms with Gasteiger partial charge in [-0.3, -0.25) is 0 Å². The summed E-state index contributed by atoms with van der Waals surface area (Å²) in [6, 6.07) is 7.87. The lowest BCUT2D eigenvalue weighted by atomic mass is 9.87. The highest BCUT2D eigenvalue weighted by atomic mass is 16.2. The molecule has 0 saturated carbocycles. The molecule has 0 aliphatic rings. The van der Waals surface area contributed by atoms with Crippen molar-refractivity contribution in [3.63, 3.8) is 0 Å². The number of anilines is 1. The molecule has 1 aromatic carbocycles. The van der Waals surface area contributed by atoms with Crippen molar-refractivity contribution in [3.8, 4) is 0 Å². The second kappa shape index (κ2) is 8.03. The minimum atomic E-state index is -0.148. The normalized spacial score (nSPS) is 11.5. The molecule has 1 aromatic rings. The summed E-state index contributed by atoms with van der Waals surface area (Å²) < 4.78 is 0. The highest BCUT2D eigenvalue weighted by Gasteiger charge is 2.13. The van der Waals surface area contributed by atoms with Crippen LogP contribution in [0.5, 0.6) is 0 Å². The van der Waals surface area contributed by atoms with Crippen molar-refractivity contribution in [2.75, 3.05) is 31.5 Å². The van der Waals surface area contributed by atoms with E-state index in [2.05, 4.69) is 62.3 Å². The minimum absolute atomic E-state index is 0.130. The van der Waals surface area contributed by atoms with Gasteiger partial charge in [-0.1, -0.05) is 46.8 Å². The Hall–Kier alpha value is -1.55. The molecular weight excluding hydrogens is 262 g/mol. The molecule has 0 radical (unpaired) electrons. The summed E-state index contributed by atoms with van der Waals surface area (Å²) in [5.74, 6) is 0. The molecule has 118 valence electrons. The fraction of sp³-hybridized carbons (Fsp3) is 0.588. The molecule has 0 aromatic heterocycles. The predicted octanol–water partition coefficient (Wildman–Crippen LogP) is 3.45. The number of carbonyl (C=O) groups is 1. The number of benzene rings is 1. The molecule has 2 N–H and O–H groups in total. The average Bonchev–Trinajstić information content (AvgIpc) is 2.43. The second-order valence-electron chi connectivity index (χ2n) is 6.24. The number of hydrogen-bond donors (Lipinski definition) is 2. The fourth-order valence-corrected chi connectivity index (χ4v) is 2.10. The van der Waals surface area contributed by atoms with E-state index in [0.717, 1.165) is 25.3 Å². The molecule has 21 heavy (non-hydrogen) atoms. The number of likely N-dealkylation sites (N-methyl/N-ethyl adjacent to an activating group) is 1. The standard InChI is InChI=1S/C17H29N3O/c1-6-20(7-2)13-12-18-16(21)19-15-10-8-14(9-11-15)17(3,4)5/h8-11H,6-7,12-13H2,1-5H3,(H2,18,19,21). The van der Waals surface area contributed by atoms with E-state index in [1.165, 1.54) is 5.56 Å². The van der Waals surface area contributed by atoms with E-state index in [-0.39, 0.29) is 11.4 Å². The van der Waals surface area contributed by atoms with Crippen LogP contribution in [0.4, 0.5) is 10.5 Å². The maximum Gasteiger partial charge on any atom is 0.319 e. The number of rotatable bonds is 6. The van der Waals surface area contributed by atoms with E-state index in [1.807, 2.05) is 12.1 Å². The number of carbonyl (C=O) groups excluding carboxylic acids is 1. The van der Waals surface area contributed by atoms with Gasteiger partial charge in [-0.25, -0.2) is 4.79 Å². The van der Waals surface area contributed by atoms with E-state index in [0.29, 0.717) is 6.54 Å². The van der Waals surface area contributed by atoms with E-state index in [4.69, 9.17) is 0 Å². The van der Waals surface area contributed by atoms with E-state index < -0.39 is 0 Å². The van der Waals surface area contributed by atoms with E-state index >= 15 is 0 Å². The summed E-state index contributed by atoms with van der Waals surface area (Å²) >= 11 is 0. The van der Waals surface area contributed by atoms with Crippen LogP contribution in [-0.4, -0.2) is 37.1 Å². The van der Waals surface area contributed by atoms with E-state index in [9.17, 15) is 4.79 Å². The van der Waals surface area contributed by atoms with Gasteiger partial charge in [0.25, 0.3) is 0 Å². The minimum Gasteiger partial charge on any atom is -0.337 e. The van der Waals surface area contributed by atoms with Gasteiger partial charge in [-0.05, 0) is 36.2 Å². The molecule has 0 aliphatic carbocycles. The van der Waals surface area contributed by atoms with Crippen LogP contribution in [0.15, 0.2) is 24.3 Å². The van der Waals surface area contributed by atoms with Crippen molar-refractivity contribution in [3.05, 3.63) is 29.8 Å². The van der Waals surface area contributed by atoms with Gasteiger partial charge in [-0.15, -0.1) is 0 Å². The molecule has 0 atom stereocenters. The van der Waals surface area contributed by atoms with Crippen LogP contribution >= 0.6 is 0 Å². The fourth-order valence-electron chi connectivity index (χ4n) is 2.10. The summed E-state index contributed by atoms with van der Waals surface area (Å²) in [5, 5.41) is 5.75. The van der Waals surface area contributed by atoms with Crippen LogP contribution in [0, 0.1) is 0 Å². The summed E-state index contributed by atoms with van der Waals surface area (Å²) in [6.45, 7) is 14.3. The smallest absolute Gasteiger partial charge is 0.319 e. The van der Waals surface area contributed by atoms with E-state index in [1.54, 1.807) is 0 Å². The molecule has 1 rings (SSSR count). The highest BCUT2D eigenvalue weighted by molar-refractivity contribution is 5.89. The van der Waals surface area contributed by atoms with Crippen LogP contribution < -0.4 is 10.6 Å². The van der Waals surface area contributed by atoms with Crippen LogP contribution in [0.2, 0.25) is 0 Å². The maximum absolute atomic E-state index is 11.8. The summed E-state index contributed by atoms with van der Waals surface area (Å²) in [5.41, 5.74) is 2.21. The largest absolute Gasteiger partial charge is 0.337 e. The van der Waals surface area contributed by atoms with Crippen LogP contribution in [0.1, 0.15) is 40.2 Å². The van der Waals surface area contributed by atoms with Crippen molar-refractivity contribution >= 4 is 11.7 Å². The molecule has 0 fully saturated rings. The lowest BCUT2D eigenvalue weighted by Gasteiger charge is -2.19. The molecule has 0 heterocycles. The topological polar surface area (TPSA) is 44.4 Å². The predicted molar refractivity (Wildman–Crippen MR) is 90.0 cm³/mol. The number of urea groups is 1. The SMILES string of the molecule is CCN(CC)CCNC(=O)Nc1ccc(C(C)(C)C)cc1. The Bertz CT molecular complexity index is 430. The third-order valence-corrected chi connectivity index (χ3v) is 3.62. The third-order valence-electron chi connectivity index (χ3n) is 3.62. The van der Waals surface area contributed by atoms with Gasteiger partial charge in [0, 0.05) is 18.8 Å². The first-order valence-corrected chi connectivity index (χ1v) is 7.74. The van der Waals surface area contributed by atoms with Gasteiger partial charge in [0.2, 0.25) is 0 Å². The summed E-state index contributed by atoms with van der Waals surface area (Å²) in [4.78, 5) is 14.1. The zero-order valence-electron chi connectivity index (χ0n) is 14.0. The maximum atomic E-state index is 11.8. The van der Waals surface area contributed by atoms with Gasteiger partial charge in [0.15, 0.2) is 0 Å². The summed E-state index contributed by atoms with van der Waals surface area (Å²) in [7, 11) is 0. The zero-order valence-corrected chi connectivity index (χ0v) is 14.0. The van der Waals surface area contributed by atoms with Gasteiger partial charge in [-0.2, -0.15) is 0 Å². The quantitative estimate of drug-likeness (QED) is 0.843. The average molecular weight is 291 g/mol. The molecule has 0 saturated heterocycles. The van der Waals surface area contributed by atoms with Gasteiger partial charge < -0.3 is 15.5 Å². The Morgan fingerprint density at radius 3 is 2.14 bits per heavy atom. The first-order chi connectivity index (χ1) is 9.86. The molecule has 0 aliphatic heterocycles. The van der Waals surface area contributed by atoms with Gasteiger partial charge in [0.1, 0.15) is 0 Å². The van der Waals surface area contributed by atoms with Crippen LogP contribution in [0.25, 0.3) is 0 Å². The van der Waals surface area contributed by atoms with Gasteiger partial charge >= 0.3 is 6.03 Å². The lowest BCUT2D eigenvalue weighted by Crippen LogP contribution is -2.36. The number of nitrogens with one attached hydrogen (secondary N) is 2. The van der Waals surface area contributed by atoms with Crippen LogP contribution in [-0.2, 0) is 5.41 Å². The number of nitrogens with zero attached hydrogens (tertiary/aromatic N) is 1. The number of hydrogen-bond acceptors (Lipinski definition) is 2. The van der Waals surface area contributed by atoms with Crippen LogP contribution in [0.3, 0.4) is 0 Å². The van der Waals surface area contributed by atoms with Gasteiger partial charge in [0.05, 0.1) is 0 Å². The lowest BCUT2D eigenvalue weighted by molar-refractivity contribution is 0.248. The molecule has 4 heteroatoms. The second-order valence-corrected chi connectivity index (χ2v) is 6.24. The zero-order chi connectivity index (χ0) is 15.9. The molecule has 4 nitrogen and oxygen atoms in total. The third kappa shape index (κ3) is 6.17. The van der Waals surface area contributed by atoms with Crippen molar-refractivity contribution < 1.29 is 4.79 Å². The molecular formula is C17H29N3O. The van der Waals surface area contributed by atoms with Crippen molar-refractivity contribution in [2.24, 2.45) is 0 Å². The van der Waals surface area contributed by atoms with Crippen molar-refractivity contribution in [1.82, 2.24) is 10.2 Å². The highest BCUT2D eigenvalue weighted by Crippen LogP contribution is 2.23. The van der Waals surface area contributed by atoms with Crippen molar-refractivity contribution in [2.45, 2.75) is 40.0 Å². The monoisotopic (exact) mass is 291 g/mol. The van der Waals surface area contributed by atoms with Crippen molar-refractivity contribution in [1.29, 1.82) is 0 Å². The summed E-state index contributed by atoms with van der Waals surface area (Å²) in [6.07, 6.45) is 0. The Labute approximate surface area is 128 Å². The molecule has 0 spiro atoms. The number of amides is 2. The Morgan fingerprint density at radius 2 is 1.67 bits per heavy atom. The molecule has 0 bridgehead atoms. The Morgan fingerprint density at radius 1 is 1.10 bits per heavy atom. The Balaban J connectivity index is 2.41. The molecule has 2 amide bonds. The first-order valence-electron chi connectivity index (χ1n) is 7.74. The Kier molecular flexibility index (Phi) is 6.69. The molecule has 0 unspecified atom stereocenters. The first kappa shape index (κ1) is 17.5.